The van der Waals surface area contributed by atoms with Gasteiger partial charge in [0.2, 0.25) is 0 Å². The Morgan fingerprint density at radius 1 is 1.44 bits per heavy atom. The van der Waals surface area contributed by atoms with E-state index in [0.29, 0.717) is 6.42 Å². The first-order valence-electron chi connectivity index (χ1n) is 3.08. The fourth-order valence-corrected chi connectivity index (χ4v) is 0.591. The van der Waals surface area contributed by atoms with E-state index in [1.54, 1.807) is 6.92 Å². The molecule has 0 aliphatic rings. The SMILES string of the molecule is CCC(O)CC(C)(O)O. The molecule has 0 saturated heterocycles. The van der Waals surface area contributed by atoms with E-state index in [4.69, 9.17) is 15.3 Å². The summed E-state index contributed by atoms with van der Waals surface area (Å²) in [6, 6.07) is 0. The van der Waals surface area contributed by atoms with Crippen molar-refractivity contribution >= 4 is 0 Å². The van der Waals surface area contributed by atoms with Crippen molar-refractivity contribution in [3.05, 3.63) is 0 Å². The van der Waals surface area contributed by atoms with Crippen LogP contribution in [0.1, 0.15) is 26.7 Å². The number of hydrogen-bond donors (Lipinski definition) is 3. The Bertz CT molecular complexity index is 74.9. The van der Waals surface area contributed by atoms with Crippen molar-refractivity contribution in [2.75, 3.05) is 0 Å². The fourth-order valence-electron chi connectivity index (χ4n) is 0.591. The summed E-state index contributed by atoms with van der Waals surface area (Å²) in [4.78, 5) is 0. The maximum Gasteiger partial charge on any atom is 0.162 e. The summed E-state index contributed by atoms with van der Waals surface area (Å²) >= 11 is 0. The van der Waals surface area contributed by atoms with Gasteiger partial charge in [-0.15, -0.1) is 0 Å². The molecule has 0 fully saturated rings. The lowest BCUT2D eigenvalue weighted by atomic mass is 10.1. The largest absolute Gasteiger partial charge is 0.393 e. The Labute approximate surface area is 54.9 Å². The van der Waals surface area contributed by atoms with Crippen molar-refractivity contribution in [2.45, 2.75) is 38.6 Å². The second-order valence-electron chi connectivity index (χ2n) is 2.48. The van der Waals surface area contributed by atoms with Crippen LogP contribution in [0, 0.1) is 0 Å². The molecule has 1 unspecified atom stereocenters. The van der Waals surface area contributed by atoms with E-state index in [-0.39, 0.29) is 6.42 Å². The molecule has 3 N–H and O–H groups in total. The quantitative estimate of drug-likeness (QED) is 0.470. The van der Waals surface area contributed by atoms with Gasteiger partial charge in [-0.3, -0.25) is 0 Å². The molecule has 0 spiro atoms. The Morgan fingerprint density at radius 2 is 1.89 bits per heavy atom. The third kappa shape index (κ3) is 5.76. The zero-order valence-electron chi connectivity index (χ0n) is 5.83. The molecule has 1 atom stereocenters. The first-order valence-corrected chi connectivity index (χ1v) is 3.08. The van der Waals surface area contributed by atoms with Gasteiger partial charge in [0.25, 0.3) is 0 Å². The van der Waals surface area contributed by atoms with Crippen LogP contribution >= 0.6 is 0 Å². The average molecular weight is 134 g/mol. The van der Waals surface area contributed by atoms with Gasteiger partial charge in [-0.05, 0) is 13.3 Å². The highest BCUT2D eigenvalue weighted by molar-refractivity contribution is 4.62. The predicted octanol–water partition coefficient (Wildman–Crippen LogP) is -0.152. The molecule has 0 saturated carbocycles. The van der Waals surface area contributed by atoms with E-state index >= 15 is 0 Å². The van der Waals surface area contributed by atoms with Gasteiger partial charge >= 0.3 is 0 Å². The molecule has 0 bridgehead atoms. The number of aliphatic hydroxyl groups excluding tert-OH is 1. The van der Waals surface area contributed by atoms with Gasteiger partial charge in [-0.2, -0.15) is 0 Å². The van der Waals surface area contributed by atoms with Crippen LogP contribution in [-0.2, 0) is 0 Å². The van der Waals surface area contributed by atoms with Crippen LogP contribution in [0.15, 0.2) is 0 Å². The molecule has 0 aliphatic carbocycles. The Balaban J connectivity index is 3.47. The summed E-state index contributed by atoms with van der Waals surface area (Å²) in [5, 5.41) is 26.3. The lowest BCUT2D eigenvalue weighted by Gasteiger charge is -2.18. The van der Waals surface area contributed by atoms with E-state index in [9.17, 15) is 0 Å². The molecular formula is C6H14O3. The predicted molar refractivity (Wildman–Crippen MR) is 33.8 cm³/mol. The Hall–Kier alpha value is -0.120. The zero-order valence-corrected chi connectivity index (χ0v) is 5.83. The topological polar surface area (TPSA) is 60.7 Å². The standard InChI is InChI=1S/C6H14O3/c1-3-5(7)4-6(2,8)9/h5,7-9H,3-4H2,1-2H3. The van der Waals surface area contributed by atoms with Crippen LogP contribution in [0.25, 0.3) is 0 Å². The van der Waals surface area contributed by atoms with Crippen LogP contribution in [0.2, 0.25) is 0 Å². The number of aliphatic hydroxyl groups is 3. The minimum atomic E-state index is -1.73. The first-order chi connectivity index (χ1) is 3.95. The molecule has 0 radical (unpaired) electrons. The van der Waals surface area contributed by atoms with Gasteiger partial charge in [-0.1, -0.05) is 6.92 Å². The lowest BCUT2D eigenvalue weighted by Crippen LogP contribution is -2.28. The van der Waals surface area contributed by atoms with Crippen LogP contribution in [0.5, 0.6) is 0 Å². The van der Waals surface area contributed by atoms with E-state index in [1.807, 2.05) is 0 Å². The number of rotatable bonds is 3. The summed E-state index contributed by atoms with van der Waals surface area (Å²) in [7, 11) is 0. The molecule has 0 amide bonds. The minimum Gasteiger partial charge on any atom is -0.393 e. The molecule has 0 aliphatic heterocycles. The maximum absolute atomic E-state index is 8.87. The summed E-state index contributed by atoms with van der Waals surface area (Å²) in [6.45, 7) is 3.04. The van der Waals surface area contributed by atoms with Gasteiger partial charge in [0.05, 0.1) is 6.10 Å². The van der Waals surface area contributed by atoms with Crippen LogP contribution < -0.4 is 0 Å². The molecule has 9 heavy (non-hydrogen) atoms. The highest BCUT2D eigenvalue weighted by atomic mass is 16.5. The van der Waals surface area contributed by atoms with Crippen LogP contribution in [0.3, 0.4) is 0 Å². The van der Waals surface area contributed by atoms with Crippen LogP contribution in [-0.4, -0.2) is 27.2 Å². The normalized spacial score (nSPS) is 15.7. The van der Waals surface area contributed by atoms with Crippen molar-refractivity contribution in [3.63, 3.8) is 0 Å². The van der Waals surface area contributed by atoms with Gasteiger partial charge < -0.3 is 15.3 Å². The molecular weight excluding hydrogens is 120 g/mol. The Morgan fingerprint density at radius 3 is 2.00 bits per heavy atom. The van der Waals surface area contributed by atoms with Gasteiger partial charge in [0.1, 0.15) is 0 Å². The van der Waals surface area contributed by atoms with Crippen molar-refractivity contribution in [1.29, 1.82) is 0 Å². The zero-order chi connectivity index (χ0) is 7.49. The number of hydrogen-bond acceptors (Lipinski definition) is 3. The molecule has 3 nitrogen and oxygen atoms in total. The monoisotopic (exact) mass is 134 g/mol. The molecule has 56 valence electrons. The van der Waals surface area contributed by atoms with Crippen molar-refractivity contribution < 1.29 is 15.3 Å². The first kappa shape index (κ1) is 8.88. The molecule has 0 heterocycles. The van der Waals surface area contributed by atoms with Crippen molar-refractivity contribution in [3.8, 4) is 0 Å². The third-order valence-corrected chi connectivity index (χ3v) is 1.09. The molecule has 0 aromatic carbocycles. The van der Waals surface area contributed by atoms with Crippen molar-refractivity contribution in [1.82, 2.24) is 0 Å². The molecule has 0 aromatic heterocycles. The Kier molecular flexibility index (Phi) is 3.11. The third-order valence-electron chi connectivity index (χ3n) is 1.09. The van der Waals surface area contributed by atoms with Crippen LogP contribution in [0.4, 0.5) is 0 Å². The maximum atomic E-state index is 8.87. The highest BCUT2D eigenvalue weighted by Crippen LogP contribution is 2.09. The van der Waals surface area contributed by atoms with Gasteiger partial charge in [0.15, 0.2) is 5.79 Å². The van der Waals surface area contributed by atoms with E-state index < -0.39 is 11.9 Å². The average Bonchev–Trinajstić information content (AvgIpc) is 1.62. The second kappa shape index (κ2) is 3.15. The van der Waals surface area contributed by atoms with E-state index in [1.165, 1.54) is 6.92 Å². The molecule has 0 rings (SSSR count). The molecule has 3 heteroatoms. The van der Waals surface area contributed by atoms with E-state index in [0.717, 1.165) is 0 Å². The summed E-state index contributed by atoms with van der Waals surface area (Å²) < 4.78 is 0. The lowest BCUT2D eigenvalue weighted by molar-refractivity contribution is -0.165. The highest BCUT2D eigenvalue weighted by Gasteiger charge is 2.18. The van der Waals surface area contributed by atoms with Crippen molar-refractivity contribution in [2.24, 2.45) is 0 Å². The summed E-state index contributed by atoms with van der Waals surface area (Å²) in [5.41, 5.74) is 0. The molecule has 0 aromatic rings. The van der Waals surface area contributed by atoms with Gasteiger partial charge in [0, 0.05) is 6.42 Å². The fraction of sp³-hybridized carbons (Fsp3) is 1.00. The smallest absolute Gasteiger partial charge is 0.162 e. The minimum absolute atomic E-state index is 0.0174. The summed E-state index contributed by atoms with van der Waals surface area (Å²) in [5.74, 6) is -1.73. The summed E-state index contributed by atoms with van der Waals surface area (Å²) in [6.07, 6.45) is -0.0368. The second-order valence-corrected chi connectivity index (χ2v) is 2.48. The van der Waals surface area contributed by atoms with Gasteiger partial charge in [-0.25, -0.2) is 0 Å². The van der Waals surface area contributed by atoms with E-state index in [2.05, 4.69) is 0 Å².